The SMILES string of the molecule is c1ccn2cc(-c3ccc(-c4ccc5scnc5c4)cc3)nc2c1. The first kappa shape index (κ1) is 13.5. The second-order valence-corrected chi connectivity index (χ2v) is 6.59. The summed E-state index contributed by atoms with van der Waals surface area (Å²) >= 11 is 1.67. The molecular formula is C20H13N3S. The van der Waals surface area contributed by atoms with E-state index in [-0.39, 0.29) is 0 Å². The van der Waals surface area contributed by atoms with Gasteiger partial charge in [0, 0.05) is 18.0 Å². The Morgan fingerprint density at radius 2 is 1.67 bits per heavy atom. The van der Waals surface area contributed by atoms with Crippen molar-refractivity contribution in [2.24, 2.45) is 0 Å². The molecule has 0 fully saturated rings. The minimum Gasteiger partial charge on any atom is -0.306 e. The van der Waals surface area contributed by atoms with Crippen LogP contribution in [-0.2, 0) is 0 Å². The Balaban J connectivity index is 1.54. The molecule has 114 valence electrons. The fraction of sp³-hybridized carbons (Fsp3) is 0. The van der Waals surface area contributed by atoms with Gasteiger partial charge in [0.15, 0.2) is 0 Å². The van der Waals surface area contributed by atoms with E-state index in [0.717, 1.165) is 22.4 Å². The van der Waals surface area contributed by atoms with Crippen molar-refractivity contribution in [3.63, 3.8) is 0 Å². The zero-order valence-corrected chi connectivity index (χ0v) is 13.6. The van der Waals surface area contributed by atoms with E-state index in [2.05, 4.69) is 58.6 Å². The Kier molecular flexibility index (Phi) is 2.96. The van der Waals surface area contributed by atoms with Gasteiger partial charge in [-0.05, 0) is 35.4 Å². The van der Waals surface area contributed by atoms with Crippen molar-refractivity contribution in [3.8, 4) is 22.4 Å². The molecule has 0 unspecified atom stereocenters. The summed E-state index contributed by atoms with van der Waals surface area (Å²) in [5.41, 5.74) is 8.40. The molecule has 5 rings (SSSR count). The zero-order valence-electron chi connectivity index (χ0n) is 12.8. The largest absolute Gasteiger partial charge is 0.306 e. The molecule has 2 aromatic carbocycles. The van der Waals surface area contributed by atoms with Gasteiger partial charge in [-0.3, -0.25) is 0 Å². The maximum atomic E-state index is 4.67. The van der Waals surface area contributed by atoms with E-state index >= 15 is 0 Å². The molecule has 0 atom stereocenters. The highest BCUT2D eigenvalue weighted by atomic mass is 32.1. The smallest absolute Gasteiger partial charge is 0.137 e. The normalized spacial score (nSPS) is 11.3. The highest BCUT2D eigenvalue weighted by Gasteiger charge is 2.06. The van der Waals surface area contributed by atoms with Crippen LogP contribution in [0.25, 0.3) is 38.2 Å². The maximum Gasteiger partial charge on any atom is 0.137 e. The number of aromatic nitrogens is 3. The molecule has 0 saturated carbocycles. The van der Waals surface area contributed by atoms with Gasteiger partial charge in [0.2, 0.25) is 0 Å². The Labute approximate surface area is 142 Å². The molecule has 3 nitrogen and oxygen atoms in total. The number of rotatable bonds is 2. The van der Waals surface area contributed by atoms with Crippen molar-refractivity contribution in [3.05, 3.63) is 78.6 Å². The monoisotopic (exact) mass is 327 g/mol. The second kappa shape index (κ2) is 5.28. The molecule has 0 radical (unpaired) electrons. The van der Waals surface area contributed by atoms with Crippen LogP contribution in [0, 0.1) is 0 Å². The van der Waals surface area contributed by atoms with Crippen LogP contribution in [0.15, 0.2) is 78.6 Å². The van der Waals surface area contributed by atoms with Crippen molar-refractivity contribution in [2.75, 3.05) is 0 Å². The second-order valence-electron chi connectivity index (χ2n) is 5.70. The van der Waals surface area contributed by atoms with Gasteiger partial charge < -0.3 is 4.40 Å². The van der Waals surface area contributed by atoms with Gasteiger partial charge in [0.1, 0.15) is 5.65 Å². The predicted molar refractivity (Wildman–Crippen MR) is 99.2 cm³/mol. The highest BCUT2D eigenvalue weighted by molar-refractivity contribution is 7.16. The molecule has 3 aromatic heterocycles. The number of hydrogen-bond donors (Lipinski definition) is 0. The Hall–Kier alpha value is -2.98. The van der Waals surface area contributed by atoms with Crippen LogP contribution in [0.1, 0.15) is 0 Å². The summed E-state index contributed by atoms with van der Waals surface area (Å²) < 4.78 is 3.26. The van der Waals surface area contributed by atoms with Crippen LogP contribution in [-0.4, -0.2) is 14.4 Å². The highest BCUT2D eigenvalue weighted by Crippen LogP contribution is 2.28. The van der Waals surface area contributed by atoms with E-state index < -0.39 is 0 Å². The zero-order chi connectivity index (χ0) is 15.9. The molecule has 4 heteroatoms. The quantitative estimate of drug-likeness (QED) is 0.442. The maximum absolute atomic E-state index is 4.67. The number of pyridine rings is 1. The molecule has 5 aromatic rings. The summed E-state index contributed by atoms with van der Waals surface area (Å²) in [6.45, 7) is 0. The lowest BCUT2D eigenvalue weighted by Gasteiger charge is -2.03. The van der Waals surface area contributed by atoms with Crippen LogP contribution >= 0.6 is 11.3 Å². The first-order valence-electron chi connectivity index (χ1n) is 7.75. The van der Waals surface area contributed by atoms with Crippen LogP contribution < -0.4 is 0 Å². The van der Waals surface area contributed by atoms with Gasteiger partial charge in [-0.1, -0.05) is 36.4 Å². The topological polar surface area (TPSA) is 30.2 Å². The number of benzene rings is 2. The lowest BCUT2D eigenvalue weighted by molar-refractivity contribution is 1.19. The number of nitrogens with zero attached hydrogens (tertiary/aromatic N) is 3. The van der Waals surface area contributed by atoms with E-state index in [1.807, 2.05) is 34.3 Å². The van der Waals surface area contributed by atoms with Gasteiger partial charge in [-0.25, -0.2) is 9.97 Å². The van der Waals surface area contributed by atoms with Gasteiger partial charge in [0.25, 0.3) is 0 Å². The van der Waals surface area contributed by atoms with Crippen LogP contribution in [0.2, 0.25) is 0 Å². The fourth-order valence-electron chi connectivity index (χ4n) is 2.94. The van der Waals surface area contributed by atoms with Crippen molar-refractivity contribution < 1.29 is 0 Å². The van der Waals surface area contributed by atoms with Crippen molar-refractivity contribution in [1.29, 1.82) is 0 Å². The number of imidazole rings is 1. The number of fused-ring (bicyclic) bond motifs is 2. The molecule has 0 bridgehead atoms. The Morgan fingerprint density at radius 1 is 0.833 bits per heavy atom. The average molecular weight is 327 g/mol. The van der Waals surface area contributed by atoms with Gasteiger partial charge in [-0.2, -0.15) is 0 Å². The van der Waals surface area contributed by atoms with Crippen molar-refractivity contribution in [2.45, 2.75) is 0 Å². The molecule has 0 saturated heterocycles. The van der Waals surface area contributed by atoms with Crippen molar-refractivity contribution >= 4 is 27.2 Å². The third kappa shape index (κ3) is 2.20. The summed E-state index contributed by atoms with van der Waals surface area (Å²) in [4.78, 5) is 9.07. The number of hydrogen-bond acceptors (Lipinski definition) is 3. The molecule has 0 amide bonds. The van der Waals surface area contributed by atoms with E-state index in [1.165, 1.54) is 15.8 Å². The van der Waals surface area contributed by atoms with Crippen LogP contribution in [0.3, 0.4) is 0 Å². The molecule has 0 N–H and O–H groups in total. The molecule has 0 spiro atoms. The van der Waals surface area contributed by atoms with Gasteiger partial charge >= 0.3 is 0 Å². The lowest BCUT2D eigenvalue weighted by Crippen LogP contribution is -1.81. The van der Waals surface area contributed by atoms with Crippen LogP contribution in [0.4, 0.5) is 0 Å². The van der Waals surface area contributed by atoms with E-state index in [9.17, 15) is 0 Å². The van der Waals surface area contributed by atoms with Crippen molar-refractivity contribution in [1.82, 2.24) is 14.4 Å². The number of thiazole rings is 1. The molecule has 0 aliphatic heterocycles. The summed E-state index contributed by atoms with van der Waals surface area (Å²) in [6, 6.07) is 21.0. The predicted octanol–water partition coefficient (Wildman–Crippen LogP) is 5.28. The molecule has 3 heterocycles. The third-order valence-corrected chi connectivity index (χ3v) is 5.02. The van der Waals surface area contributed by atoms with E-state index in [0.29, 0.717) is 0 Å². The molecule has 0 aliphatic rings. The summed E-state index contributed by atoms with van der Waals surface area (Å²) in [6.07, 6.45) is 4.08. The van der Waals surface area contributed by atoms with E-state index in [4.69, 9.17) is 0 Å². The fourth-order valence-corrected chi connectivity index (χ4v) is 3.60. The molecular weight excluding hydrogens is 314 g/mol. The first-order chi connectivity index (χ1) is 11.9. The third-order valence-electron chi connectivity index (χ3n) is 4.21. The summed E-state index contributed by atoms with van der Waals surface area (Å²) in [5, 5.41) is 0. The molecule has 0 aliphatic carbocycles. The minimum atomic E-state index is 0.963. The first-order valence-corrected chi connectivity index (χ1v) is 8.63. The standard InChI is InChI=1S/C20H13N3S/c1-2-10-23-12-18(22-20(23)3-1)15-6-4-14(5-7-15)16-8-9-19-17(11-16)21-13-24-19/h1-13H. The minimum absolute atomic E-state index is 0.963. The van der Waals surface area contributed by atoms with E-state index in [1.54, 1.807) is 11.3 Å². The summed E-state index contributed by atoms with van der Waals surface area (Å²) in [7, 11) is 0. The Bertz CT molecular complexity index is 1100. The Morgan fingerprint density at radius 3 is 2.54 bits per heavy atom. The van der Waals surface area contributed by atoms with Gasteiger partial charge in [-0.15, -0.1) is 11.3 Å². The lowest BCUT2D eigenvalue weighted by atomic mass is 10.0. The molecule has 24 heavy (non-hydrogen) atoms. The summed E-state index contributed by atoms with van der Waals surface area (Å²) in [5.74, 6) is 0. The average Bonchev–Trinajstić information content (AvgIpc) is 3.27. The van der Waals surface area contributed by atoms with Crippen LogP contribution in [0.5, 0.6) is 0 Å². The van der Waals surface area contributed by atoms with Gasteiger partial charge in [0.05, 0.1) is 21.4 Å².